The molecule has 1 heterocycles. The first-order valence-electron chi connectivity index (χ1n) is 7.27. The van der Waals surface area contributed by atoms with E-state index in [9.17, 15) is 4.79 Å². The second-order valence-corrected chi connectivity index (χ2v) is 6.01. The molecule has 1 atom stereocenters. The third-order valence-corrected chi connectivity index (χ3v) is 4.27. The van der Waals surface area contributed by atoms with Crippen LogP contribution in [0.25, 0.3) is 0 Å². The first-order chi connectivity index (χ1) is 9.39. The van der Waals surface area contributed by atoms with Crippen LogP contribution in [0.4, 0.5) is 5.69 Å². The molecule has 1 aromatic carbocycles. The second-order valence-electron chi connectivity index (χ2n) is 6.01. The van der Waals surface area contributed by atoms with Gasteiger partial charge in [0.05, 0.1) is 0 Å². The van der Waals surface area contributed by atoms with Crippen LogP contribution >= 0.6 is 0 Å². The molecule has 20 heavy (non-hydrogen) atoms. The molecule has 2 rings (SSSR count). The Morgan fingerprint density at radius 2 is 1.95 bits per heavy atom. The number of hydrogen-bond acceptors (Lipinski definition) is 3. The quantitative estimate of drug-likeness (QED) is 0.919. The van der Waals surface area contributed by atoms with E-state index >= 15 is 0 Å². The normalized spacial score (nSPS) is 20.1. The van der Waals surface area contributed by atoms with Gasteiger partial charge in [0, 0.05) is 31.9 Å². The first-order valence-corrected chi connectivity index (χ1v) is 7.27. The molecule has 0 saturated carbocycles. The highest BCUT2D eigenvalue weighted by molar-refractivity contribution is 5.90. The van der Waals surface area contributed by atoms with Gasteiger partial charge in [-0.2, -0.15) is 0 Å². The number of nitrogens with two attached hydrogens (primary N) is 1. The summed E-state index contributed by atoms with van der Waals surface area (Å²) in [6.45, 7) is 7.64. The van der Waals surface area contributed by atoms with E-state index < -0.39 is 5.54 Å². The summed E-state index contributed by atoms with van der Waals surface area (Å²) in [7, 11) is 1.87. The van der Waals surface area contributed by atoms with Crippen molar-refractivity contribution in [2.45, 2.75) is 38.8 Å². The summed E-state index contributed by atoms with van der Waals surface area (Å²) in [4.78, 5) is 16.4. The zero-order valence-electron chi connectivity index (χ0n) is 12.9. The Hall–Kier alpha value is -1.55. The molecule has 110 valence electrons. The number of rotatable bonds is 3. The van der Waals surface area contributed by atoms with Crippen LogP contribution in [-0.2, 0) is 4.79 Å². The Balaban J connectivity index is 2.43. The molecule has 0 bridgehead atoms. The van der Waals surface area contributed by atoms with E-state index in [1.807, 2.05) is 33.0 Å². The summed E-state index contributed by atoms with van der Waals surface area (Å²) in [5.41, 5.74) is 7.92. The number of likely N-dealkylation sites (N-methyl/N-ethyl adjacent to an activating group) is 1. The molecule has 4 nitrogen and oxygen atoms in total. The maximum Gasteiger partial charge on any atom is 0.247 e. The number of anilines is 1. The number of carbonyl (C=O) groups is 1. The number of piperazine rings is 1. The molecule has 1 fully saturated rings. The maximum atomic E-state index is 12.4. The highest BCUT2D eigenvalue weighted by Gasteiger charge is 2.41. The summed E-state index contributed by atoms with van der Waals surface area (Å²) in [6, 6.07) is 8.18. The van der Waals surface area contributed by atoms with Crippen LogP contribution in [0.2, 0.25) is 0 Å². The minimum Gasteiger partial charge on any atom is -0.355 e. The molecule has 0 spiro atoms. The Kier molecular flexibility index (Phi) is 4.04. The van der Waals surface area contributed by atoms with Gasteiger partial charge in [-0.3, -0.25) is 4.79 Å². The van der Waals surface area contributed by atoms with E-state index in [0.29, 0.717) is 0 Å². The van der Waals surface area contributed by atoms with Crippen molar-refractivity contribution in [3.8, 4) is 0 Å². The fourth-order valence-electron chi connectivity index (χ4n) is 2.90. The highest BCUT2D eigenvalue weighted by Crippen LogP contribution is 2.33. The van der Waals surface area contributed by atoms with Gasteiger partial charge >= 0.3 is 0 Å². The van der Waals surface area contributed by atoms with Gasteiger partial charge in [-0.1, -0.05) is 25.1 Å². The number of para-hydroxylation sites is 1. The minimum atomic E-state index is -0.531. The summed E-state index contributed by atoms with van der Waals surface area (Å²) >= 11 is 0. The summed E-state index contributed by atoms with van der Waals surface area (Å²) in [5, 5.41) is 0. The molecule has 0 aromatic heterocycles. The number of nitrogens with zero attached hydrogens (tertiary/aromatic N) is 2. The fraction of sp³-hybridized carbons (Fsp3) is 0.562. The summed E-state index contributed by atoms with van der Waals surface area (Å²) < 4.78 is 0. The predicted molar refractivity (Wildman–Crippen MR) is 82.7 cm³/mol. The van der Waals surface area contributed by atoms with Crippen LogP contribution < -0.4 is 10.6 Å². The molecule has 0 aliphatic carbocycles. The van der Waals surface area contributed by atoms with Crippen molar-refractivity contribution in [3.63, 3.8) is 0 Å². The summed E-state index contributed by atoms with van der Waals surface area (Å²) in [5.74, 6) is 0.156. The lowest BCUT2D eigenvalue weighted by atomic mass is 9.94. The lowest BCUT2D eigenvalue weighted by molar-refractivity contribution is -0.136. The zero-order valence-corrected chi connectivity index (χ0v) is 12.9. The van der Waals surface area contributed by atoms with Gasteiger partial charge in [-0.25, -0.2) is 0 Å². The molecule has 4 heteroatoms. The highest BCUT2D eigenvalue weighted by atomic mass is 16.2. The van der Waals surface area contributed by atoms with Crippen LogP contribution in [0.5, 0.6) is 0 Å². The van der Waals surface area contributed by atoms with Crippen LogP contribution in [0.3, 0.4) is 0 Å². The fourth-order valence-corrected chi connectivity index (χ4v) is 2.90. The van der Waals surface area contributed by atoms with E-state index in [1.54, 1.807) is 4.90 Å². The van der Waals surface area contributed by atoms with E-state index in [-0.39, 0.29) is 11.9 Å². The molecular formula is C16H25N3O. The van der Waals surface area contributed by atoms with Crippen LogP contribution in [0, 0.1) is 0 Å². The van der Waals surface area contributed by atoms with Crippen molar-refractivity contribution < 1.29 is 4.79 Å². The van der Waals surface area contributed by atoms with Crippen molar-refractivity contribution in [2.24, 2.45) is 5.73 Å². The average molecular weight is 275 g/mol. The minimum absolute atomic E-state index is 0.0109. The number of carbonyl (C=O) groups excluding carboxylic acids is 1. The van der Waals surface area contributed by atoms with Gasteiger partial charge < -0.3 is 15.5 Å². The molecule has 1 aliphatic rings. The first kappa shape index (κ1) is 14.9. The molecule has 0 unspecified atom stereocenters. The standard InChI is InChI=1S/C16H25N3O/c1-5-13(17)12-8-6-7-9-14(12)19-11-10-18(4)15(20)16(19,2)3/h6-9,13H,5,10-11,17H2,1-4H3/t13-/m1/s1. The van der Waals surface area contributed by atoms with Gasteiger partial charge in [0.1, 0.15) is 5.54 Å². The topological polar surface area (TPSA) is 49.6 Å². The molecule has 2 N–H and O–H groups in total. The largest absolute Gasteiger partial charge is 0.355 e. The molecular weight excluding hydrogens is 250 g/mol. The lowest BCUT2D eigenvalue weighted by Crippen LogP contribution is -2.62. The lowest BCUT2D eigenvalue weighted by Gasteiger charge is -2.47. The van der Waals surface area contributed by atoms with Gasteiger partial charge in [-0.15, -0.1) is 0 Å². The van der Waals surface area contributed by atoms with E-state index in [2.05, 4.69) is 24.0 Å². The molecule has 1 amide bonds. The zero-order chi connectivity index (χ0) is 14.9. The van der Waals surface area contributed by atoms with Crippen LogP contribution in [0.1, 0.15) is 38.8 Å². The summed E-state index contributed by atoms with van der Waals surface area (Å²) in [6.07, 6.45) is 0.888. The smallest absolute Gasteiger partial charge is 0.247 e. The van der Waals surface area contributed by atoms with Crippen molar-refractivity contribution in [1.82, 2.24) is 4.90 Å². The van der Waals surface area contributed by atoms with Gasteiger partial charge in [0.25, 0.3) is 0 Å². The van der Waals surface area contributed by atoms with Crippen molar-refractivity contribution in [2.75, 3.05) is 25.0 Å². The third-order valence-electron chi connectivity index (χ3n) is 4.27. The Labute approximate surface area is 121 Å². The average Bonchev–Trinajstić information content (AvgIpc) is 2.44. The molecule has 1 aromatic rings. The molecule has 1 aliphatic heterocycles. The van der Waals surface area contributed by atoms with Gasteiger partial charge in [0.2, 0.25) is 5.91 Å². The van der Waals surface area contributed by atoms with Crippen molar-refractivity contribution >= 4 is 11.6 Å². The van der Waals surface area contributed by atoms with Crippen molar-refractivity contribution in [1.29, 1.82) is 0 Å². The van der Waals surface area contributed by atoms with E-state index in [1.165, 1.54) is 0 Å². The SMILES string of the molecule is CC[C@@H](N)c1ccccc1N1CCN(C)C(=O)C1(C)C. The Morgan fingerprint density at radius 3 is 2.60 bits per heavy atom. The Morgan fingerprint density at radius 1 is 1.30 bits per heavy atom. The molecule has 1 saturated heterocycles. The number of hydrogen-bond donors (Lipinski definition) is 1. The monoisotopic (exact) mass is 275 g/mol. The van der Waals surface area contributed by atoms with E-state index in [4.69, 9.17) is 5.73 Å². The maximum absolute atomic E-state index is 12.4. The second kappa shape index (κ2) is 5.44. The van der Waals surface area contributed by atoms with Gasteiger partial charge in [-0.05, 0) is 31.9 Å². The third kappa shape index (κ3) is 2.40. The van der Waals surface area contributed by atoms with Crippen LogP contribution in [0.15, 0.2) is 24.3 Å². The molecule has 0 radical (unpaired) electrons. The predicted octanol–water partition coefficient (Wildman–Crippen LogP) is 2.15. The van der Waals surface area contributed by atoms with Crippen LogP contribution in [-0.4, -0.2) is 36.5 Å². The van der Waals surface area contributed by atoms with Gasteiger partial charge in [0.15, 0.2) is 0 Å². The number of benzene rings is 1. The van der Waals surface area contributed by atoms with E-state index in [0.717, 1.165) is 30.8 Å². The Bertz CT molecular complexity index is 498. The number of amides is 1. The van der Waals surface area contributed by atoms with Crippen molar-refractivity contribution in [3.05, 3.63) is 29.8 Å².